The number of nitrogens with zero attached hydrogens (tertiary/aromatic N) is 1. The van der Waals surface area contributed by atoms with E-state index >= 15 is 0 Å². The Bertz CT molecular complexity index is 667. The quantitative estimate of drug-likeness (QED) is 0.382. The molecule has 0 amide bonds. The van der Waals surface area contributed by atoms with Crippen LogP contribution in [0.4, 0.5) is 15.8 Å². The summed E-state index contributed by atoms with van der Waals surface area (Å²) >= 11 is 4.48. The van der Waals surface area contributed by atoms with Gasteiger partial charge in [0.2, 0.25) is 0 Å². The standard InChI is InChI=1S/C13H10BrFN2O2S/c14-13-8(2-1-3-11(13)17(18)19)7-20-12-5-4-9(16)6-10(12)15/h1-6H,7,16H2. The first-order valence-electron chi connectivity index (χ1n) is 5.58. The molecule has 104 valence electrons. The molecule has 0 heterocycles. The molecule has 0 spiro atoms. The van der Waals surface area contributed by atoms with E-state index < -0.39 is 10.7 Å². The van der Waals surface area contributed by atoms with Crippen LogP contribution in [0.5, 0.6) is 0 Å². The van der Waals surface area contributed by atoms with E-state index in [9.17, 15) is 14.5 Å². The molecule has 0 aliphatic carbocycles. The number of rotatable bonds is 4. The normalized spacial score (nSPS) is 10.5. The van der Waals surface area contributed by atoms with E-state index in [2.05, 4.69) is 15.9 Å². The van der Waals surface area contributed by atoms with Gasteiger partial charge in [-0.05, 0) is 39.7 Å². The molecule has 0 aromatic heterocycles. The van der Waals surface area contributed by atoms with Crippen LogP contribution in [0.15, 0.2) is 45.8 Å². The van der Waals surface area contributed by atoms with Crippen molar-refractivity contribution in [1.82, 2.24) is 0 Å². The van der Waals surface area contributed by atoms with Crippen molar-refractivity contribution >= 4 is 39.1 Å². The van der Waals surface area contributed by atoms with Gasteiger partial charge in [0.25, 0.3) is 5.69 Å². The van der Waals surface area contributed by atoms with Gasteiger partial charge >= 0.3 is 0 Å². The van der Waals surface area contributed by atoms with Crippen LogP contribution < -0.4 is 5.73 Å². The number of thioether (sulfide) groups is 1. The van der Waals surface area contributed by atoms with Crippen molar-refractivity contribution in [3.63, 3.8) is 0 Å². The second kappa shape index (κ2) is 6.23. The van der Waals surface area contributed by atoms with Crippen LogP contribution in [0.3, 0.4) is 0 Å². The highest BCUT2D eigenvalue weighted by Crippen LogP contribution is 2.33. The Morgan fingerprint density at radius 1 is 1.35 bits per heavy atom. The number of nitrogen functional groups attached to an aromatic ring is 1. The van der Waals surface area contributed by atoms with Crippen molar-refractivity contribution in [1.29, 1.82) is 0 Å². The van der Waals surface area contributed by atoms with Crippen LogP contribution in [0.1, 0.15) is 5.56 Å². The molecule has 0 bridgehead atoms. The third-order valence-corrected chi connectivity index (χ3v) is 4.61. The van der Waals surface area contributed by atoms with E-state index in [4.69, 9.17) is 5.73 Å². The van der Waals surface area contributed by atoms with Crippen LogP contribution >= 0.6 is 27.7 Å². The fourth-order valence-corrected chi connectivity index (χ4v) is 3.26. The molecular formula is C13H10BrFN2O2S. The smallest absolute Gasteiger partial charge is 0.283 e. The summed E-state index contributed by atoms with van der Waals surface area (Å²) in [6.45, 7) is 0. The molecule has 0 saturated carbocycles. The number of anilines is 1. The molecule has 2 aromatic rings. The number of nitro groups is 1. The highest BCUT2D eigenvalue weighted by Gasteiger charge is 2.15. The first-order valence-corrected chi connectivity index (χ1v) is 7.36. The van der Waals surface area contributed by atoms with Gasteiger partial charge in [-0.15, -0.1) is 11.8 Å². The first-order chi connectivity index (χ1) is 9.49. The predicted molar refractivity (Wildman–Crippen MR) is 81.2 cm³/mol. The molecule has 0 atom stereocenters. The van der Waals surface area contributed by atoms with E-state index in [1.165, 1.54) is 23.9 Å². The Kier molecular flexibility index (Phi) is 4.61. The van der Waals surface area contributed by atoms with Crippen molar-refractivity contribution < 1.29 is 9.31 Å². The maximum Gasteiger partial charge on any atom is 0.283 e. The summed E-state index contributed by atoms with van der Waals surface area (Å²) in [5.41, 5.74) is 6.58. The van der Waals surface area contributed by atoms with E-state index in [1.807, 2.05) is 0 Å². The predicted octanol–water partition coefficient (Wildman–Crippen LogP) is 4.37. The summed E-state index contributed by atoms with van der Waals surface area (Å²) < 4.78 is 14.1. The van der Waals surface area contributed by atoms with Crippen LogP contribution in [-0.2, 0) is 5.75 Å². The van der Waals surface area contributed by atoms with Gasteiger partial charge in [-0.1, -0.05) is 12.1 Å². The molecule has 20 heavy (non-hydrogen) atoms. The number of halogens is 2. The molecule has 2 N–H and O–H groups in total. The molecule has 0 saturated heterocycles. The van der Waals surface area contributed by atoms with Gasteiger partial charge in [0.1, 0.15) is 5.82 Å². The Labute approximate surface area is 127 Å². The maximum absolute atomic E-state index is 13.6. The van der Waals surface area contributed by atoms with Crippen LogP contribution in [-0.4, -0.2) is 4.92 Å². The van der Waals surface area contributed by atoms with Crippen LogP contribution in [0, 0.1) is 15.9 Å². The molecule has 0 aliphatic heterocycles. The monoisotopic (exact) mass is 356 g/mol. The molecule has 0 fully saturated rings. The lowest BCUT2D eigenvalue weighted by Crippen LogP contribution is -1.93. The average molecular weight is 357 g/mol. The van der Waals surface area contributed by atoms with E-state index in [0.29, 0.717) is 20.8 Å². The lowest BCUT2D eigenvalue weighted by atomic mass is 10.2. The number of nitro benzene ring substituents is 1. The SMILES string of the molecule is Nc1ccc(SCc2cccc([N+](=O)[O-])c2Br)c(F)c1. The lowest BCUT2D eigenvalue weighted by Gasteiger charge is -2.06. The minimum atomic E-state index is -0.456. The maximum atomic E-state index is 13.6. The van der Waals surface area contributed by atoms with Crippen LogP contribution in [0.25, 0.3) is 0 Å². The number of nitrogens with two attached hydrogens (primary N) is 1. The fourth-order valence-electron chi connectivity index (χ4n) is 1.61. The summed E-state index contributed by atoms with van der Waals surface area (Å²) in [6, 6.07) is 9.26. The average Bonchev–Trinajstić information content (AvgIpc) is 2.39. The van der Waals surface area contributed by atoms with Crippen molar-refractivity contribution in [2.75, 3.05) is 5.73 Å². The lowest BCUT2D eigenvalue weighted by molar-refractivity contribution is -0.385. The zero-order valence-electron chi connectivity index (χ0n) is 10.2. The first kappa shape index (κ1) is 14.8. The summed E-state index contributed by atoms with van der Waals surface area (Å²) in [7, 11) is 0. The van der Waals surface area contributed by atoms with Crippen molar-refractivity contribution in [2.45, 2.75) is 10.6 Å². The third-order valence-electron chi connectivity index (χ3n) is 2.59. The number of benzene rings is 2. The van der Waals surface area contributed by atoms with Crippen LogP contribution in [0.2, 0.25) is 0 Å². The van der Waals surface area contributed by atoms with Gasteiger partial charge in [0.15, 0.2) is 0 Å². The van der Waals surface area contributed by atoms with Crippen molar-refractivity contribution in [3.8, 4) is 0 Å². The van der Waals surface area contributed by atoms with Gasteiger partial charge < -0.3 is 5.73 Å². The molecule has 0 unspecified atom stereocenters. The molecule has 2 aromatic carbocycles. The topological polar surface area (TPSA) is 69.2 Å². The Morgan fingerprint density at radius 2 is 2.10 bits per heavy atom. The van der Waals surface area contributed by atoms with E-state index in [-0.39, 0.29) is 5.69 Å². The van der Waals surface area contributed by atoms with Crippen molar-refractivity contribution in [3.05, 3.63) is 62.4 Å². The van der Waals surface area contributed by atoms with Gasteiger partial charge in [-0.25, -0.2) is 4.39 Å². The molecule has 7 heteroatoms. The minimum absolute atomic E-state index is 0.000813. The highest BCUT2D eigenvalue weighted by atomic mass is 79.9. The Balaban J connectivity index is 2.19. The largest absolute Gasteiger partial charge is 0.399 e. The number of hydrogen-bond donors (Lipinski definition) is 1. The van der Waals surface area contributed by atoms with Gasteiger partial charge in [-0.2, -0.15) is 0 Å². The van der Waals surface area contributed by atoms with Gasteiger partial charge in [0, 0.05) is 22.4 Å². The second-order valence-electron chi connectivity index (χ2n) is 3.99. The summed E-state index contributed by atoms with van der Waals surface area (Å²) in [4.78, 5) is 10.8. The van der Waals surface area contributed by atoms with Crippen molar-refractivity contribution in [2.24, 2.45) is 0 Å². The zero-order valence-corrected chi connectivity index (χ0v) is 12.6. The van der Waals surface area contributed by atoms with E-state index in [0.717, 1.165) is 5.56 Å². The molecule has 2 rings (SSSR count). The molecular weight excluding hydrogens is 347 g/mol. The highest BCUT2D eigenvalue weighted by molar-refractivity contribution is 9.10. The summed E-state index contributed by atoms with van der Waals surface area (Å²) in [5, 5.41) is 10.8. The summed E-state index contributed by atoms with van der Waals surface area (Å²) in [6.07, 6.45) is 0. The Morgan fingerprint density at radius 3 is 2.75 bits per heavy atom. The Hall–Kier alpha value is -1.60. The van der Waals surface area contributed by atoms with E-state index in [1.54, 1.807) is 24.3 Å². The molecule has 4 nitrogen and oxygen atoms in total. The van der Waals surface area contributed by atoms with Gasteiger partial charge in [0.05, 0.1) is 9.40 Å². The molecule has 0 aliphatic rings. The van der Waals surface area contributed by atoms with Gasteiger partial charge in [-0.3, -0.25) is 10.1 Å². The summed E-state index contributed by atoms with van der Waals surface area (Å²) in [5.74, 6) is 0.0277. The minimum Gasteiger partial charge on any atom is -0.399 e. The molecule has 0 radical (unpaired) electrons. The zero-order chi connectivity index (χ0) is 14.7. The fraction of sp³-hybridized carbons (Fsp3) is 0.0769. The second-order valence-corrected chi connectivity index (χ2v) is 5.80. The third kappa shape index (κ3) is 3.29. The number of hydrogen-bond acceptors (Lipinski definition) is 4.